The molecule has 4 aromatic carbocycles. The normalized spacial score (nSPS) is 14.3. The second kappa shape index (κ2) is 14.3. The average molecular weight is 663 g/mol. The molecule has 1 fully saturated rings. The van der Waals surface area contributed by atoms with Gasteiger partial charge >= 0.3 is 0 Å². The van der Waals surface area contributed by atoms with Gasteiger partial charge in [-0.25, -0.2) is 16.8 Å². The number of nitrogens with two attached hydrogens (primary N) is 1. The fourth-order valence-electron chi connectivity index (χ4n) is 4.31. The van der Waals surface area contributed by atoms with Gasteiger partial charge in [0.2, 0.25) is 0 Å². The van der Waals surface area contributed by atoms with Crippen molar-refractivity contribution in [2.45, 2.75) is 28.7 Å². The Hall–Kier alpha value is -3.48. The van der Waals surface area contributed by atoms with Crippen molar-refractivity contribution in [2.24, 2.45) is 0 Å². The summed E-state index contributed by atoms with van der Waals surface area (Å²) in [5.74, 6) is 0. The van der Waals surface area contributed by atoms with Crippen molar-refractivity contribution in [3.63, 3.8) is 0 Å². The van der Waals surface area contributed by atoms with Crippen LogP contribution in [-0.2, 0) is 20.0 Å². The number of nitrogen functional groups attached to an aromatic ring is 1. The van der Waals surface area contributed by atoms with Gasteiger partial charge in [-0.05, 0) is 93.6 Å². The summed E-state index contributed by atoms with van der Waals surface area (Å²) in [5.41, 5.74) is 7.55. The quantitative estimate of drug-likeness (QED) is 0.161. The third-order valence-corrected chi connectivity index (χ3v) is 10.1. The third kappa shape index (κ3) is 9.25. The summed E-state index contributed by atoms with van der Waals surface area (Å²) < 4.78 is 54.0. The standard InChI is InChI=1S/C18H22ClN3O2S.C12H11ClN2O2S/c1-22-11-9-14(10-12-22)20-18-13-15(7-8-17(18)19)21-25(23,24)16-5-3-2-4-6-16;13-11-7-6-9(8-12(11)14)15-18(16,17)10-4-2-1-3-5-10/h2-8,13-14,20-21H,9-12H2,1H3;1-8,15H,14H2. The molecule has 1 saturated heterocycles. The molecule has 0 bridgehead atoms. The summed E-state index contributed by atoms with van der Waals surface area (Å²) in [7, 11) is -5.09. The van der Waals surface area contributed by atoms with Gasteiger partial charge < -0.3 is 16.0 Å². The Bertz CT molecular complexity index is 1740. The van der Waals surface area contributed by atoms with Gasteiger partial charge in [0, 0.05) is 6.04 Å². The lowest BCUT2D eigenvalue weighted by Gasteiger charge is -2.30. The highest BCUT2D eigenvalue weighted by molar-refractivity contribution is 7.93. The van der Waals surface area contributed by atoms with Crippen LogP contribution in [0.15, 0.2) is 107 Å². The Morgan fingerprint density at radius 1 is 0.698 bits per heavy atom. The van der Waals surface area contributed by atoms with E-state index in [-0.39, 0.29) is 9.79 Å². The zero-order valence-electron chi connectivity index (χ0n) is 23.4. The van der Waals surface area contributed by atoms with E-state index in [1.54, 1.807) is 78.9 Å². The second-order valence-corrected chi connectivity index (χ2v) is 14.2. The number of rotatable bonds is 8. The first-order valence-corrected chi connectivity index (χ1v) is 17.1. The predicted octanol–water partition coefficient (Wildman–Crippen LogP) is 6.37. The first kappa shape index (κ1) is 32.4. The monoisotopic (exact) mass is 661 g/mol. The molecule has 9 nitrogen and oxygen atoms in total. The van der Waals surface area contributed by atoms with E-state index in [1.807, 2.05) is 0 Å². The minimum absolute atomic E-state index is 0.193. The smallest absolute Gasteiger partial charge is 0.261 e. The van der Waals surface area contributed by atoms with Crippen molar-refractivity contribution in [1.29, 1.82) is 0 Å². The number of anilines is 4. The highest BCUT2D eigenvalue weighted by Crippen LogP contribution is 2.29. The number of hydrogen-bond donors (Lipinski definition) is 4. The van der Waals surface area contributed by atoms with E-state index in [9.17, 15) is 16.8 Å². The van der Waals surface area contributed by atoms with Crippen LogP contribution < -0.4 is 20.5 Å². The van der Waals surface area contributed by atoms with E-state index in [4.69, 9.17) is 28.9 Å². The fraction of sp³-hybridized carbons (Fsp3) is 0.200. The van der Waals surface area contributed by atoms with E-state index in [2.05, 4.69) is 26.7 Å². The molecule has 0 atom stereocenters. The summed E-state index contributed by atoms with van der Waals surface area (Å²) in [6.07, 6.45) is 2.07. The Kier molecular flexibility index (Phi) is 10.8. The van der Waals surface area contributed by atoms with Crippen LogP contribution in [0.5, 0.6) is 0 Å². The summed E-state index contributed by atoms with van der Waals surface area (Å²) in [6, 6.07) is 26.4. The Morgan fingerprint density at radius 3 is 1.65 bits per heavy atom. The Labute approximate surface area is 263 Å². The summed E-state index contributed by atoms with van der Waals surface area (Å²) in [4.78, 5) is 2.72. The average Bonchev–Trinajstić information content (AvgIpc) is 2.99. The van der Waals surface area contributed by atoms with Crippen LogP contribution in [0, 0.1) is 0 Å². The van der Waals surface area contributed by atoms with Gasteiger partial charge in [-0.3, -0.25) is 9.44 Å². The molecule has 1 aliphatic rings. The molecular formula is C30H33Cl2N5O4S2. The van der Waals surface area contributed by atoms with Crippen molar-refractivity contribution >= 4 is 66.0 Å². The molecule has 0 spiro atoms. The highest BCUT2D eigenvalue weighted by atomic mass is 35.5. The first-order valence-electron chi connectivity index (χ1n) is 13.4. The maximum Gasteiger partial charge on any atom is 0.261 e. The lowest BCUT2D eigenvalue weighted by atomic mass is 10.1. The van der Waals surface area contributed by atoms with Crippen LogP contribution in [-0.4, -0.2) is 47.9 Å². The van der Waals surface area contributed by atoms with Crippen LogP contribution in [0.3, 0.4) is 0 Å². The fourth-order valence-corrected chi connectivity index (χ4v) is 6.74. The molecule has 0 saturated carbocycles. The maximum atomic E-state index is 12.5. The lowest BCUT2D eigenvalue weighted by Crippen LogP contribution is -2.36. The number of likely N-dealkylation sites (tertiary alicyclic amines) is 1. The van der Waals surface area contributed by atoms with Crippen molar-refractivity contribution in [3.8, 4) is 0 Å². The molecule has 0 amide bonds. The van der Waals surface area contributed by atoms with Gasteiger partial charge in [0.25, 0.3) is 20.0 Å². The van der Waals surface area contributed by atoms with Crippen molar-refractivity contribution in [2.75, 3.05) is 40.6 Å². The number of nitrogens with one attached hydrogen (secondary N) is 3. The molecule has 4 aromatic rings. The second-order valence-electron chi connectivity index (χ2n) is 9.99. The molecule has 5 rings (SSSR count). The number of hydrogen-bond acceptors (Lipinski definition) is 7. The van der Waals surface area contributed by atoms with E-state index < -0.39 is 20.0 Å². The molecule has 43 heavy (non-hydrogen) atoms. The number of benzene rings is 4. The minimum Gasteiger partial charge on any atom is -0.397 e. The molecule has 0 aliphatic carbocycles. The van der Waals surface area contributed by atoms with Crippen LogP contribution in [0.1, 0.15) is 12.8 Å². The molecule has 1 heterocycles. The Balaban J connectivity index is 0.000000208. The molecule has 228 valence electrons. The SMILES string of the molecule is CN1CCC(Nc2cc(NS(=O)(=O)c3ccccc3)ccc2Cl)CC1.Nc1cc(NS(=O)(=O)c2ccccc2)ccc1Cl. The third-order valence-electron chi connectivity index (χ3n) is 6.65. The van der Waals surface area contributed by atoms with Crippen LogP contribution in [0.25, 0.3) is 0 Å². The molecule has 0 radical (unpaired) electrons. The molecule has 1 aliphatic heterocycles. The molecule has 13 heteroatoms. The molecule has 5 N–H and O–H groups in total. The lowest BCUT2D eigenvalue weighted by molar-refractivity contribution is 0.264. The van der Waals surface area contributed by atoms with Crippen molar-refractivity contribution in [3.05, 3.63) is 107 Å². The molecular weight excluding hydrogens is 629 g/mol. The van der Waals surface area contributed by atoms with Gasteiger partial charge in [0.15, 0.2) is 0 Å². The molecule has 0 unspecified atom stereocenters. The topological polar surface area (TPSA) is 134 Å². The number of halogens is 2. The van der Waals surface area contributed by atoms with Gasteiger partial charge in [0.1, 0.15) is 0 Å². The molecule has 0 aromatic heterocycles. The van der Waals surface area contributed by atoms with Gasteiger partial charge in [-0.15, -0.1) is 0 Å². The number of piperidine rings is 1. The van der Waals surface area contributed by atoms with E-state index in [0.717, 1.165) is 31.6 Å². The Morgan fingerprint density at radius 2 is 1.16 bits per heavy atom. The van der Waals surface area contributed by atoms with Crippen molar-refractivity contribution < 1.29 is 16.8 Å². The van der Waals surface area contributed by atoms with Crippen LogP contribution in [0.4, 0.5) is 22.7 Å². The van der Waals surface area contributed by atoms with Gasteiger partial charge in [-0.2, -0.15) is 0 Å². The number of nitrogens with zero attached hydrogens (tertiary/aromatic N) is 1. The maximum absolute atomic E-state index is 12.5. The number of sulfonamides is 2. The van der Waals surface area contributed by atoms with Crippen LogP contribution >= 0.6 is 23.2 Å². The van der Waals surface area contributed by atoms with Gasteiger partial charge in [-0.1, -0.05) is 59.6 Å². The van der Waals surface area contributed by atoms with Gasteiger partial charge in [0.05, 0.1) is 42.6 Å². The van der Waals surface area contributed by atoms with Crippen molar-refractivity contribution in [1.82, 2.24) is 4.90 Å². The first-order chi connectivity index (χ1) is 20.4. The summed E-state index contributed by atoms with van der Waals surface area (Å²) in [5, 5.41) is 4.41. The predicted molar refractivity (Wildman–Crippen MR) is 176 cm³/mol. The zero-order chi connectivity index (χ0) is 31.0. The van der Waals surface area contributed by atoms with E-state index in [0.29, 0.717) is 33.1 Å². The highest BCUT2D eigenvalue weighted by Gasteiger charge is 2.19. The van der Waals surface area contributed by atoms with E-state index in [1.165, 1.54) is 18.2 Å². The van der Waals surface area contributed by atoms with E-state index >= 15 is 0 Å². The minimum atomic E-state index is -3.61. The summed E-state index contributed by atoms with van der Waals surface area (Å²) in [6.45, 7) is 2.07. The largest absolute Gasteiger partial charge is 0.397 e. The summed E-state index contributed by atoms with van der Waals surface area (Å²) >= 11 is 12.0. The zero-order valence-corrected chi connectivity index (χ0v) is 26.5. The van der Waals surface area contributed by atoms with Crippen LogP contribution in [0.2, 0.25) is 10.0 Å².